The van der Waals surface area contributed by atoms with Crippen molar-refractivity contribution in [3.05, 3.63) is 70.0 Å². The van der Waals surface area contributed by atoms with Gasteiger partial charge < -0.3 is 10.2 Å². The molecule has 8 nitrogen and oxygen atoms in total. The Labute approximate surface area is 204 Å². The number of amides is 1. The molecule has 2 atom stereocenters. The number of fused-ring (bicyclic) bond motifs is 1. The van der Waals surface area contributed by atoms with Crippen molar-refractivity contribution >= 4 is 32.6 Å². The lowest BCUT2D eigenvalue weighted by Crippen LogP contribution is -2.48. The lowest BCUT2D eigenvalue weighted by Gasteiger charge is -2.33. The van der Waals surface area contributed by atoms with Gasteiger partial charge in [-0.2, -0.15) is 0 Å². The van der Waals surface area contributed by atoms with Crippen LogP contribution in [0.3, 0.4) is 0 Å². The SMILES string of the molecule is Cc1ccc(Cn2c(=O)c(N3CCC[C@H](C(=O)N[C@@H]4CCS(=O)(=O)C4)C3)nc3ccccc32)cc1. The van der Waals surface area contributed by atoms with E-state index >= 15 is 0 Å². The summed E-state index contributed by atoms with van der Waals surface area (Å²) in [5.41, 5.74) is 3.52. The first kappa shape index (κ1) is 23.5. The van der Waals surface area contributed by atoms with Crippen molar-refractivity contribution in [2.45, 2.75) is 38.8 Å². The summed E-state index contributed by atoms with van der Waals surface area (Å²) in [5, 5.41) is 2.92. The van der Waals surface area contributed by atoms with Gasteiger partial charge in [0.25, 0.3) is 5.56 Å². The summed E-state index contributed by atoms with van der Waals surface area (Å²) in [5.74, 6) is 0.0288. The summed E-state index contributed by atoms with van der Waals surface area (Å²) in [6, 6.07) is 15.4. The minimum atomic E-state index is -3.06. The first-order valence-corrected chi connectivity index (χ1v) is 13.9. The van der Waals surface area contributed by atoms with Gasteiger partial charge in [-0.3, -0.25) is 14.2 Å². The van der Waals surface area contributed by atoms with E-state index in [1.54, 1.807) is 4.57 Å². The Morgan fingerprint density at radius 3 is 2.63 bits per heavy atom. The normalized spacial score (nSPS) is 21.8. The van der Waals surface area contributed by atoms with Crippen LogP contribution in [0.2, 0.25) is 0 Å². The maximum absolute atomic E-state index is 13.7. The lowest BCUT2D eigenvalue weighted by molar-refractivity contribution is -0.125. The molecule has 9 heteroatoms. The molecule has 0 bridgehead atoms. The molecule has 2 aliphatic rings. The topological polar surface area (TPSA) is 101 Å². The van der Waals surface area contributed by atoms with Gasteiger partial charge in [0.1, 0.15) is 0 Å². The molecule has 3 aromatic rings. The molecule has 1 N–H and O–H groups in total. The molecule has 0 saturated carbocycles. The molecule has 2 aromatic carbocycles. The van der Waals surface area contributed by atoms with E-state index in [0.29, 0.717) is 38.3 Å². The highest BCUT2D eigenvalue weighted by atomic mass is 32.2. The summed E-state index contributed by atoms with van der Waals surface area (Å²) in [7, 11) is -3.06. The fraction of sp³-hybridized carbons (Fsp3) is 0.423. The molecule has 184 valence electrons. The third kappa shape index (κ3) is 5.10. The fourth-order valence-electron chi connectivity index (χ4n) is 5.03. The van der Waals surface area contributed by atoms with E-state index in [1.165, 1.54) is 0 Å². The molecule has 35 heavy (non-hydrogen) atoms. The Bertz CT molecular complexity index is 1420. The zero-order valence-corrected chi connectivity index (χ0v) is 20.6. The van der Waals surface area contributed by atoms with E-state index in [4.69, 9.17) is 4.98 Å². The molecular weight excluding hydrogens is 464 g/mol. The molecule has 0 radical (unpaired) electrons. The predicted octanol–water partition coefficient (Wildman–Crippen LogP) is 2.27. The number of anilines is 1. The third-order valence-corrected chi connectivity index (χ3v) is 8.74. The van der Waals surface area contributed by atoms with Gasteiger partial charge in [-0.05, 0) is 43.9 Å². The third-order valence-electron chi connectivity index (χ3n) is 6.97. The largest absolute Gasteiger partial charge is 0.352 e. The number of piperidine rings is 1. The second kappa shape index (κ2) is 9.45. The van der Waals surface area contributed by atoms with Crippen LogP contribution in [0.4, 0.5) is 5.82 Å². The molecule has 1 aromatic heterocycles. The van der Waals surface area contributed by atoms with E-state index in [-0.39, 0.29) is 34.9 Å². The van der Waals surface area contributed by atoms with Crippen LogP contribution in [0.1, 0.15) is 30.4 Å². The average Bonchev–Trinajstić information content (AvgIpc) is 3.20. The number of sulfone groups is 1. The lowest BCUT2D eigenvalue weighted by atomic mass is 9.96. The maximum atomic E-state index is 13.7. The molecule has 0 aliphatic carbocycles. The second-order valence-corrected chi connectivity index (χ2v) is 11.9. The Morgan fingerprint density at radius 2 is 1.89 bits per heavy atom. The molecular formula is C26H30N4O4S. The van der Waals surface area contributed by atoms with Crippen LogP contribution < -0.4 is 15.8 Å². The highest BCUT2D eigenvalue weighted by molar-refractivity contribution is 7.91. The van der Waals surface area contributed by atoms with Crippen molar-refractivity contribution in [1.29, 1.82) is 0 Å². The number of para-hydroxylation sites is 2. The fourth-order valence-corrected chi connectivity index (χ4v) is 6.70. The summed E-state index contributed by atoms with van der Waals surface area (Å²) < 4.78 is 25.3. The van der Waals surface area contributed by atoms with Crippen LogP contribution in [0, 0.1) is 12.8 Å². The number of aryl methyl sites for hydroxylation is 1. The van der Waals surface area contributed by atoms with Gasteiger partial charge >= 0.3 is 0 Å². The van der Waals surface area contributed by atoms with Crippen LogP contribution in [-0.4, -0.2) is 54.5 Å². The van der Waals surface area contributed by atoms with Crippen molar-refractivity contribution in [3.8, 4) is 0 Å². The number of carbonyl (C=O) groups excluding carboxylic acids is 1. The summed E-state index contributed by atoms with van der Waals surface area (Å²) in [4.78, 5) is 33.2. The van der Waals surface area contributed by atoms with E-state index < -0.39 is 9.84 Å². The quantitative estimate of drug-likeness (QED) is 0.584. The first-order valence-electron chi connectivity index (χ1n) is 12.1. The van der Waals surface area contributed by atoms with Crippen molar-refractivity contribution < 1.29 is 13.2 Å². The molecule has 5 rings (SSSR count). The minimum Gasteiger partial charge on any atom is -0.352 e. The molecule has 1 amide bonds. The van der Waals surface area contributed by atoms with Crippen molar-refractivity contribution in [1.82, 2.24) is 14.9 Å². The number of nitrogens with one attached hydrogen (secondary N) is 1. The van der Waals surface area contributed by atoms with Crippen molar-refractivity contribution in [2.24, 2.45) is 5.92 Å². The number of nitrogens with zero attached hydrogens (tertiary/aromatic N) is 3. The van der Waals surface area contributed by atoms with Gasteiger partial charge in [0, 0.05) is 19.1 Å². The van der Waals surface area contributed by atoms with E-state index in [1.807, 2.05) is 60.4 Å². The van der Waals surface area contributed by atoms with Gasteiger partial charge in [0.2, 0.25) is 5.91 Å². The smallest absolute Gasteiger partial charge is 0.294 e. The zero-order chi connectivity index (χ0) is 24.6. The van der Waals surface area contributed by atoms with Crippen LogP contribution in [0.15, 0.2) is 53.3 Å². The standard InChI is InChI=1S/C26H30N4O4S/c1-18-8-10-19(11-9-18)15-30-23-7-3-2-6-22(23)28-24(26(30)32)29-13-4-5-20(16-29)25(31)27-21-12-14-35(33,34)17-21/h2-3,6-11,20-21H,4-5,12-17H2,1H3,(H,27,31)/t20-,21+/m0/s1. The van der Waals surface area contributed by atoms with E-state index in [2.05, 4.69) is 5.32 Å². The molecule has 0 spiro atoms. The Hall–Kier alpha value is -3.20. The Kier molecular flexibility index (Phi) is 6.35. The first-order chi connectivity index (χ1) is 16.8. The van der Waals surface area contributed by atoms with Crippen molar-refractivity contribution in [3.63, 3.8) is 0 Å². The Balaban J connectivity index is 1.41. The monoisotopic (exact) mass is 494 g/mol. The molecule has 2 saturated heterocycles. The van der Waals surface area contributed by atoms with Crippen LogP contribution in [0.5, 0.6) is 0 Å². The second-order valence-electron chi connectivity index (χ2n) is 9.69. The van der Waals surface area contributed by atoms with Crippen molar-refractivity contribution in [2.75, 3.05) is 29.5 Å². The molecule has 2 aliphatic heterocycles. The van der Waals surface area contributed by atoms with Gasteiger partial charge in [-0.25, -0.2) is 13.4 Å². The van der Waals surface area contributed by atoms with Crippen LogP contribution >= 0.6 is 0 Å². The number of hydrogen-bond donors (Lipinski definition) is 1. The number of benzene rings is 2. The highest BCUT2D eigenvalue weighted by Gasteiger charge is 2.33. The van der Waals surface area contributed by atoms with Crippen LogP contribution in [0.25, 0.3) is 11.0 Å². The van der Waals surface area contributed by atoms with Gasteiger partial charge in [-0.1, -0.05) is 42.0 Å². The van der Waals surface area contributed by atoms with Gasteiger partial charge in [0.15, 0.2) is 15.7 Å². The number of rotatable bonds is 5. The summed E-state index contributed by atoms with van der Waals surface area (Å²) >= 11 is 0. The number of aromatic nitrogens is 2. The van der Waals surface area contributed by atoms with E-state index in [0.717, 1.165) is 28.6 Å². The highest BCUT2D eigenvalue weighted by Crippen LogP contribution is 2.23. The molecule has 0 unspecified atom stereocenters. The van der Waals surface area contributed by atoms with E-state index in [9.17, 15) is 18.0 Å². The summed E-state index contributed by atoms with van der Waals surface area (Å²) in [6.45, 7) is 3.50. The predicted molar refractivity (Wildman–Crippen MR) is 136 cm³/mol. The molecule has 2 fully saturated rings. The maximum Gasteiger partial charge on any atom is 0.294 e. The zero-order valence-electron chi connectivity index (χ0n) is 19.8. The number of hydrogen-bond acceptors (Lipinski definition) is 6. The summed E-state index contributed by atoms with van der Waals surface area (Å²) in [6.07, 6.45) is 1.92. The minimum absolute atomic E-state index is 0.00508. The molecule has 3 heterocycles. The van der Waals surface area contributed by atoms with Gasteiger partial charge in [0.05, 0.1) is 35.0 Å². The van der Waals surface area contributed by atoms with Crippen LogP contribution in [-0.2, 0) is 21.2 Å². The number of carbonyl (C=O) groups is 1. The Morgan fingerprint density at radius 1 is 1.11 bits per heavy atom. The average molecular weight is 495 g/mol. The van der Waals surface area contributed by atoms with Gasteiger partial charge in [-0.15, -0.1) is 0 Å².